The predicted octanol–water partition coefficient (Wildman–Crippen LogP) is 2.79. The average Bonchev–Trinajstić information content (AvgIpc) is 3.05. The maximum absolute atomic E-state index is 13.5. The Morgan fingerprint density at radius 2 is 2.04 bits per heavy atom. The number of aryl methyl sites for hydroxylation is 2. The van der Waals surface area contributed by atoms with Gasteiger partial charge in [0.2, 0.25) is 0 Å². The average molecular weight is 382 g/mol. The van der Waals surface area contributed by atoms with Gasteiger partial charge in [0, 0.05) is 37.6 Å². The number of aliphatic hydroxyl groups excluding tert-OH is 1. The lowest BCUT2D eigenvalue weighted by atomic mass is 9.72. The first-order valence-corrected chi connectivity index (χ1v) is 10.8. The minimum atomic E-state index is 0.147. The lowest BCUT2D eigenvalue weighted by Crippen LogP contribution is -2.65. The molecule has 3 fully saturated rings. The van der Waals surface area contributed by atoms with Crippen molar-refractivity contribution in [1.82, 2.24) is 14.4 Å². The van der Waals surface area contributed by atoms with Gasteiger partial charge >= 0.3 is 0 Å². The van der Waals surface area contributed by atoms with Crippen LogP contribution in [-0.2, 0) is 7.05 Å². The molecule has 28 heavy (non-hydrogen) atoms. The van der Waals surface area contributed by atoms with Crippen molar-refractivity contribution in [2.45, 2.75) is 44.7 Å². The Balaban J connectivity index is 1.45. The van der Waals surface area contributed by atoms with E-state index in [0.29, 0.717) is 17.9 Å². The third kappa shape index (κ3) is 2.71. The van der Waals surface area contributed by atoms with Crippen LogP contribution in [0.5, 0.6) is 0 Å². The summed E-state index contributed by atoms with van der Waals surface area (Å²) in [6.07, 6.45) is 4.88. The van der Waals surface area contributed by atoms with Gasteiger partial charge in [0.15, 0.2) is 0 Å². The largest absolute Gasteiger partial charge is 0.395 e. The number of rotatable bonds is 2. The number of nitrogens with zero attached hydrogens (tertiary/aromatic N) is 3. The topological polar surface area (TPSA) is 48.7 Å². The van der Waals surface area contributed by atoms with Crippen LogP contribution in [-0.4, -0.2) is 63.7 Å². The molecule has 0 spiro atoms. The number of hydrogen-bond donors (Lipinski definition) is 1. The number of likely N-dealkylation sites (tertiary alicyclic amines) is 1. The monoisotopic (exact) mass is 381 g/mol. The molecule has 4 heterocycles. The minimum Gasteiger partial charge on any atom is -0.395 e. The van der Waals surface area contributed by atoms with Crippen LogP contribution in [0.25, 0.3) is 10.9 Å². The number of fused-ring (bicyclic) bond motifs is 5. The number of amides is 1. The van der Waals surface area contributed by atoms with E-state index in [1.54, 1.807) is 0 Å². The number of piperidine rings is 3. The smallest absolute Gasteiger partial charge is 0.270 e. The van der Waals surface area contributed by atoms with Crippen LogP contribution in [0.2, 0.25) is 0 Å². The highest BCUT2D eigenvalue weighted by Crippen LogP contribution is 2.41. The summed E-state index contributed by atoms with van der Waals surface area (Å²) in [5.74, 6) is 1.08. The Morgan fingerprint density at radius 3 is 2.82 bits per heavy atom. The molecule has 3 aliphatic heterocycles. The molecule has 1 amide bonds. The maximum atomic E-state index is 13.5. The summed E-state index contributed by atoms with van der Waals surface area (Å²) in [4.78, 5) is 18.2. The van der Waals surface area contributed by atoms with Crippen LogP contribution >= 0.6 is 0 Å². The fourth-order valence-corrected chi connectivity index (χ4v) is 6.31. The third-order valence-electron chi connectivity index (χ3n) is 7.57. The summed E-state index contributed by atoms with van der Waals surface area (Å²) >= 11 is 0. The molecule has 3 saturated heterocycles. The second-order valence-corrected chi connectivity index (χ2v) is 9.12. The molecular weight excluding hydrogens is 350 g/mol. The van der Waals surface area contributed by atoms with Crippen LogP contribution in [0.1, 0.15) is 41.7 Å². The summed E-state index contributed by atoms with van der Waals surface area (Å²) in [7, 11) is 2.01. The van der Waals surface area contributed by atoms with Crippen LogP contribution in [0, 0.1) is 18.8 Å². The van der Waals surface area contributed by atoms with Crippen molar-refractivity contribution in [3.8, 4) is 0 Å². The second kappa shape index (κ2) is 6.89. The lowest BCUT2D eigenvalue weighted by Gasteiger charge is -2.56. The molecule has 4 atom stereocenters. The van der Waals surface area contributed by atoms with Crippen molar-refractivity contribution in [3.05, 3.63) is 35.5 Å². The van der Waals surface area contributed by atoms with Crippen molar-refractivity contribution >= 4 is 16.8 Å². The van der Waals surface area contributed by atoms with Crippen molar-refractivity contribution in [1.29, 1.82) is 0 Å². The third-order valence-corrected chi connectivity index (χ3v) is 7.57. The lowest BCUT2D eigenvalue weighted by molar-refractivity contribution is -0.0796. The summed E-state index contributed by atoms with van der Waals surface area (Å²) in [6.45, 7) is 5.05. The normalized spacial score (nSPS) is 30.5. The van der Waals surface area contributed by atoms with Crippen molar-refractivity contribution < 1.29 is 9.90 Å². The van der Waals surface area contributed by atoms with E-state index in [-0.39, 0.29) is 18.6 Å². The van der Waals surface area contributed by atoms with E-state index in [9.17, 15) is 9.90 Å². The van der Waals surface area contributed by atoms with Crippen LogP contribution in [0.15, 0.2) is 24.3 Å². The number of carbonyl (C=O) groups is 1. The van der Waals surface area contributed by atoms with Crippen molar-refractivity contribution in [2.24, 2.45) is 18.9 Å². The highest BCUT2D eigenvalue weighted by Gasteiger charge is 2.47. The molecule has 1 N–H and O–H groups in total. The first kappa shape index (κ1) is 18.2. The molecule has 2 aromatic rings. The highest BCUT2D eigenvalue weighted by atomic mass is 16.3. The maximum Gasteiger partial charge on any atom is 0.270 e. The Labute approximate surface area is 166 Å². The SMILES string of the molecule is Cc1cccc2cc(C(=O)N3C[C@H]4C[C@@H](C3)[C@H](CO)N3CCCC[C@@H]43)n(C)c12. The van der Waals surface area contributed by atoms with Gasteiger partial charge in [-0.05, 0) is 56.2 Å². The molecule has 0 aliphatic carbocycles. The fraction of sp³-hybridized carbons (Fsp3) is 0.609. The summed E-state index contributed by atoms with van der Waals surface area (Å²) in [6, 6.07) is 9.04. The standard InChI is InChI=1S/C23H31N3O2/c1-15-6-5-7-16-11-20(24(2)22(15)16)23(28)25-12-17-10-18(13-25)21(14-27)26-9-4-3-8-19(17)26/h5-7,11,17-19,21,27H,3-4,8-10,12-14H2,1-2H3/t17-,18+,19+,21+/m1/s1. The quantitative estimate of drug-likeness (QED) is 0.870. The van der Waals surface area contributed by atoms with Gasteiger partial charge in [-0.3, -0.25) is 9.69 Å². The van der Waals surface area contributed by atoms with Crippen molar-refractivity contribution in [3.63, 3.8) is 0 Å². The Kier molecular flexibility index (Phi) is 4.48. The number of benzene rings is 1. The van der Waals surface area contributed by atoms with E-state index in [0.717, 1.165) is 42.7 Å². The summed E-state index contributed by atoms with van der Waals surface area (Å²) in [5.41, 5.74) is 3.13. The molecule has 2 bridgehead atoms. The molecule has 3 aliphatic rings. The number of aliphatic hydroxyl groups is 1. The van der Waals surface area contributed by atoms with Gasteiger partial charge in [0.05, 0.1) is 12.1 Å². The zero-order valence-corrected chi connectivity index (χ0v) is 17.0. The molecule has 1 aromatic carbocycles. The fourth-order valence-electron chi connectivity index (χ4n) is 6.31. The highest BCUT2D eigenvalue weighted by molar-refractivity contribution is 5.99. The van der Waals surface area contributed by atoms with Gasteiger partial charge < -0.3 is 14.6 Å². The van der Waals surface area contributed by atoms with Crippen LogP contribution in [0.4, 0.5) is 0 Å². The van der Waals surface area contributed by atoms with E-state index in [4.69, 9.17) is 0 Å². The van der Waals surface area contributed by atoms with Gasteiger partial charge in [-0.15, -0.1) is 0 Å². The van der Waals surface area contributed by atoms with Crippen LogP contribution in [0.3, 0.4) is 0 Å². The van der Waals surface area contributed by atoms with E-state index in [1.165, 1.54) is 24.8 Å². The van der Waals surface area contributed by atoms with Gasteiger partial charge in [-0.2, -0.15) is 0 Å². The zero-order chi connectivity index (χ0) is 19.4. The molecule has 1 aromatic heterocycles. The van der Waals surface area contributed by atoms with Gasteiger partial charge in [0.1, 0.15) is 5.69 Å². The summed E-state index contributed by atoms with van der Waals surface area (Å²) < 4.78 is 2.06. The second-order valence-electron chi connectivity index (χ2n) is 9.12. The molecule has 150 valence electrons. The van der Waals surface area contributed by atoms with Gasteiger partial charge in [-0.1, -0.05) is 24.6 Å². The molecular formula is C23H31N3O2. The predicted molar refractivity (Wildman–Crippen MR) is 110 cm³/mol. The number of aromatic nitrogens is 1. The van der Waals surface area contributed by atoms with Crippen LogP contribution < -0.4 is 0 Å². The van der Waals surface area contributed by atoms with E-state index in [1.807, 2.05) is 13.1 Å². The molecule has 0 unspecified atom stereocenters. The van der Waals surface area contributed by atoms with E-state index in [2.05, 4.69) is 39.5 Å². The number of hydrogen-bond acceptors (Lipinski definition) is 3. The van der Waals surface area contributed by atoms with Gasteiger partial charge in [-0.25, -0.2) is 0 Å². The first-order chi connectivity index (χ1) is 13.6. The minimum absolute atomic E-state index is 0.147. The van der Waals surface area contributed by atoms with E-state index < -0.39 is 0 Å². The Hall–Kier alpha value is -1.85. The molecule has 5 nitrogen and oxygen atoms in total. The van der Waals surface area contributed by atoms with E-state index >= 15 is 0 Å². The Morgan fingerprint density at radius 1 is 1.21 bits per heavy atom. The Bertz CT molecular complexity index is 891. The molecule has 5 rings (SSSR count). The summed E-state index contributed by atoms with van der Waals surface area (Å²) in [5, 5.41) is 11.2. The van der Waals surface area contributed by atoms with Gasteiger partial charge in [0.25, 0.3) is 5.91 Å². The number of carbonyl (C=O) groups excluding carboxylic acids is 1. The zero-order valence-electron chi connectivity index (χ0n) is 17.0. The molecule has 0 radical (unpaired) electrons. The number of para-hydroxylation sites is 1. The molecule has 0 saturated carbocycles. The first-order valence-electron chi connectivity index (χ1n) is 10.8. The van der Waals surface area contributed by atoms with Crippen molar-refractivity contribution in [2.75, 3.05) is 26.2 Å². The molecule has 5 heteroatoms.